The molecule has 2 N–H and O–H groups in total. The van der Waals surface area contributed by atoms with E-state index in [1.807, 2.05) is 0 Å². The number of methoxy groups -OCH3 is 1. The van der Waals surface area contributed by atoms with Crippen LogP contribution in [0, 0.1) is 0 Å². The topological polar surface area (TPSA) is 95.9 Å². The molecule has 1 aliphatic heterocycles. The number of rotatable bonds is 5. The average Bonchev–Trinajstić information content (AvgIpc) is 2.93. The van der Waals surface area contributed by atoms with E-state index < -0.39 is 22.2 Å². The molecule has 2 atom stereocenters. The third kappa shape index (κ3) is 2.76. The highest BCUT2D eigenvalue weighted by molar-refractivity contribution is 7.87. The molecule has 2 unspecified atom stereocenters. The lowest BCUT2D eigenvalue weighted by molar-refractivity contribution is -0.140. The Hall–Kier alpha value is -0.700. The van der Waals surface area contributed by atoms with Crippen molar-refractivity contribution in [2.45, 2.75) is 37.5 Å². The summed E-state index contributed by atoms with van der Waals surface area (Å²) < 4.78 is 32.4. The van der Waals surface area contributed by atoms with Gasteiger partial charge in [0.05, 0.1) is 6.10 Å². The number of hydrogen-bond donors (Lipinski definition) is 2. The Kier molecular flexibility index (Phi) is 3.39. The maximum Gasteiger partial charge on any atom is 0.322 e. The standard InChI is InChI=1S/C9H16N2O5S/c1-16-7-4-8(9(12)13)11(5-7)17(14,15)10-6-2-3-6/h6-8,10H,2-5H2,1H3,(H,12,13). The molecule has 2 aliphatic rings. The van der Waals surface area contributed by atoms with Crippen molar-refractivity contribution >= 4 is 16.2 Å². The largest absolute Gasteiger partial charge is 0.480 e. The van der Waals surface area contributed by atoms with Crippen molar-refractivity contribution in [3.05, 3.63) is 0 Å². The second kappa shape index (κ2) is 4.52. The van der Waals surface area contributed by atoms with Gasteiger partial charge in [-0.15, -0.1) is 0 Å². The fourth-order valence-electron chi connectivity index (χ4n) is 1.91. The third-order valence-electron chi connectivity index (χ3n) is 3.04. The maximum absolute atomic E-state index is 12.0. The molecule has 17 heavy (non-hydrogen) atoms. The van der Waals surface area contributed by atoms with Crippen LogP contribution in [0.4, 0.5) is 0 Å². The molecule has 7 nitrogen and oxygen atoms in total. The number of nitrogens with zero attached hydrogens (tertiary/aromatic N) is 1. The number of hydrogen-bond acceptors (Lipinski definition) is 4. The lowest BCUT2D eigenvalue weighted by Gasteiger charge is -2.20. The number of ether oxygens (including phenoxy) is 1. The van der Waals surface area contributed by atoms with E-state index in [0.717, 1.165) is 17.1 Å². The summed E-state index contributed by atoms with van der Waals surface area (Å²) in [6.07, 6.45) is 1.47. The van der Waals surface area contributed by atoms with Crippen molar-refractivity contribution in [3.63, 3.8) is 0 Å². The minimum Gasteiger partial charge on any atom is -0.480 e. The summed E-state index contributed by atoms with van der Waals surface area (Å²) in [5.41, 5.74) is 0. The number of nitrogens with one attached hydrogen (secondary N) is 1. The Bertz CT molecular complexity index is 406. The molecular formula is C9H16N2O5S. The molecule has 2 fully saturated rings. The quantitative estimate of drug-likeness (QED) is 0.675. The van der Waals surface area contributed by atoms with Gasteiger partial charge in [-0.25, -0.2) is 0 Å². The number of carboxylic acids is 1. The van der Waals surface area contributed by atoms with Gasteiger partial charge in [-0.05, 0) is 12.8 Å². The molecule has 2 rings (SSSR count). The van der Waals surface area contributed by atoms with E-state index in [1.165, 1.54) is 7.11 Å². The van der Waals surface area contributed by atoms with Crippen molar-refractivity contribution in [2.24, 2.45) is 0 Å². The zero-order valence-corrected chi connectivity index (χ0v) is 10.3. The van der Waals surface area contributed by atoms with Crippen LogP contribution in [-0.2, 0) is 19.7 Å². The maximum atomic E-state index is 12.0. The van der Waals surface area contributed by atoms with Crippen molar-refractivity contribution in [3.8, 4) is 0 Å². The second-order valence-corrected chi connectivity index (χ2v) is 6.07. The van der Waals surface area contributed by atoms with Gasteiger partial charge in [-0.3, -0.25) is 4.79 Å². The van der Waals surface area contributed by atoms with Crippen LogP contribution in [-0.4, -0.2) is 55.6 Å². The van der Waals surface area contributed by atoms with Gasteiger partial charge < -0.3 is 9.84 Å². The Labute approximate surface area is 99.9 Å². The van der Waals surface area contributed by atoms with E-state index in [1.54, 1.807) is 0 Å². The lowest BCUT2D eigenvalue weighted by atomic mass is 10.2. The van der Waals surface area contributed by atoms with Gasteiger partial charge >= 0.3 is 5.97 Å². The SMILES string of the molecule is COC1CC(C(=O)O)N(S(=O)(=O)NC2CC2)C1. The molecule has 0 spiro atoms. The van der Waals surface area contributed by atoms with Gasteiger partial charge in [0.25, 0.3) is 10.2 Å². The molecule has 0 amide bonds. The molecule has 0 bridgehead atoms. The molecule has 0 aromatic heterocycles. The number of aliphatic carboxylic acids is 1. The number of carboxylic acid groups (broad SMARTS) is 1. The Balaban J connectivity index is 2.13. The fourth-order valence-corrected chi connectivity index (χ4v) is 3.58. The lowest BCUT2D eigenvalue weighted by Crippen LogP contribution is -2.47. The van der Waals surface area contributed by atoms with Gasteiger partial charge in [0.2, 0.25) is 0 Å². The first kappa shape index (κ1) is 12.7. The highest BCUT2D eigenvalue weighted by Gasteiger charge is 2.45. The van der Waals surface area contributed by atoms with E-state index in [9.17, 15) is 13.2 Å². The fraction of sp³-hybridized carbons (Fsp3) is 0.889. The summed E-state index contributed by atoms with van der Waals surface area (Å²) in [6.45, 7) is 0.0928. The van der Waals surface area contributed by atoms with Crippen LogP contribution in [0.1, 0.15) is 19.3 Å². The molecule has 1 saturated heterocycles. The van der Waals surface area contributed by atoms with Gasteiger partial charge in [-0.1, -0.05) is 0 Å². The summed E-state index contributed by atoms with van der Waals surface area (Å²) in [5.74, 6) is -1.13. The van der Waals surface area contributed by atoms with Gasteiger partial charge in [-0.2, -0.15) is 17.4 Å². The molecule has 0 aromatic rings. The summed E-state index contributed by atoms with van der Waals surface area (Å²) >= 11 is 0. The van der Waals surface area contributed by atoms with E-state index in [-0.39, 0.29) is 25.1 Å². The molecule has 98 valence electrons. The van der Waals surface area contributed by atoms with Crippen molar-refractivity contribution in [1.82, 2.24) is 9.03 Å². The zero-order valence-electron chi connectivity index (χ0n) is 9.50. The smallest absolute Gasteiger partial charge is 0.322 e. The second-order valence-electron chi connectivity index (χ2n) is 4.41. The predicted molar refractivity (Wildman–Crippen MR) is 58.6 cm³/mol. The summed E-state index contributed by atoms with van der Waals surface area (Å²) in [5, 5.41) is 9.02. The molecule has 1 aliphatic carbocycles. The van der Waals surface area contributed by atoms with E-state index >= 15 is 0 Å². The minimum absolute atomic E-state index is 0.0314. The highest BCUT2D eigenvalue weighted by Crippen LogP contribution is 2.26. The van der Waals surface area contributed by atoms with Crippen LogP contribution in [0.25, 0.3) is 0 Å². The Morgan fingerprint density at radius 3 is 2.59 bits per heavy atom. The molecule has 0 radical (unpaired) electrons. The van der Waals surface area contributed by atoms with Crippen LogP contribution < -0.4 is 4.72 Å². The van der Waals surface area contributed by atoms with Crippen LogP contribution in [0.3, 0.4) is 0 Å². The summed E-state index contributed by atoms with van der Waals surface area (Å²) in [7, 11) is -2.26. The van der Waals surface area contributed by atoms with Crippen LogP contribution in [0.15, 0.2) is 0 Å². The molecule has 0 aromatic carbocycles. The van der Waals surface area contributed by atoms with E-state index in [2.05, 4.69) is 4.72 Å². The highest BCUT2D eigenvalue weighted by atomic mass is 32.2. The first-order valence-electron chi connectivity index (χ1n) is 5.48. The summed E-state index contributed by atoms with van der Waals surface area (Å²) in [6, 6.07) is -1.06. The van der Waals surface area contributed by atoms with Crippen LogP contribution in [0.5, 0.6) is 0 Å². The van der Waals surface area contributed by atoms with Gasteiger partial charge in [0, 0.05) is 26.1 Å². The first-order chi connectivity index (χ1) is 7.94. The zero-order chi connectivity index (χ0) is 12.6. The Morgan fingerprint density at radius 1 is 1.47 bits per heavy atom. The van der Waals surface area contributed by atoms with Gasteiger partial charge in [0.15, 0.2) is 0 Å². The van der Waals surface area contributed by atoms with Crippen molar-refractivity contribution < 1.29 is 23.1 Å². The van der Waals surface area contributed by atoms with E-state index in [0.29, 0.717) is 0 Å². The van der Waals surface area contributed by atoms with Crippen molar-refractivity contribution in [1.29, 1.82) is 0 Å². The molecular weight excluding hydrogens is 248 g/mol. The van der Waals surface area contributed by atoms with Gasteiger partial charge in [0.1, 0.15) is 6.04 Å². The monoisotopic (exact) mass is 264 g/mol. The van der Waals surface area contributed by atoms with Crippen LogP contribution in [0.2, 0.25) is 0 Å². The van der Waals surface area contributed by atoms with Crippen molar-refractivity contribution in [2.75, 3.05) is 13.7 Å². The Morgan fingerprint density at radius 2 is 2.12 bits per heavy atom. The predicted octanol–water partition coefficient (Wildman–Crippen LogP) is -0.843. The average molecular weight is 264 g/mol. The van der Waals surface area contributed by atoms with Crippen LogP contribution >= 0.6 is 0 Å². The first-order valence-corrected chi connectivity index (χ1v) is 6.92. The molecule has 1 heterocycles. The minimum atomic E-state index is -3.71. The number of carbonyl (C=O) groups is 1. The molecule has 1 saturated carbocycles. The molecule has 8 heteroatoms. The summed E-state index contributed by atoms with van der Waals surface area (Å²) in [4.78, 5) is 11.0. The normalized spacial score (nSPS) is 30.6. The third-order valence-corrected chi connectivity index (χ3v) is 4.69. The van der Waals surface area contributed by atoms with E-state index in [4.69, 9.17) is 9.84 Å².